The van der Waals surface area contributed by atoms with Crippen LogP contribution >= 0.6 is 0 Å². The van der Waals surface area contributed by atoms with Gasteiger partial charge in [0.1, 0.15) is 5.65 Å². The highest BCUT2D eigenvalue weighted by Crippen LogP contribution is 2.36. The molecule has 0 spiro atoms. The van der Waals surface area contributed by atoms with Crippen LogP contribution in [0.15, 0.2) is 55.2 Å². The second-order valence-electron chi connectivity index (χ2n) is 8.02. The van der Waals surface area contributed by atoms with Crippen molar-refractivity contribution in [2.24, 2.45) is 7.05 Å². The van der Waals surface area contributed by atoms with Crippen LogP contribution in [-0.2, 0) is 7.05 Å². The van der Waals surface area contributed by atoms with Gasteiger partial charge in [0.15, 0.2) is 0 Å². The Morgan fingerprint density at radius 1 is 1.00 bits per heavy atom. The van der Waals surface area contributed by atoms with E-state index in [9.17, 15) is 0 Å². The van der Waals surface area contributed by atoms with E-state index in [4.69, 9.17) is 4.98 Å². The first-order valence-electron chi connectivity index (χ1n) is 10.2. The van der Waals surface area contributed by atoms with Crippen LogP contribution in [0.3, 0.4) is 0 Å². The van der Waals surface area contributed by atoms with Crippen LogP contribution < -0.4 is 0 Å². The minimum absolute atomic E-state index is 0.622. The molecule has 1 aliphatic rings. The fraction of sp³-hybridized carbons (Fsp3) is 0.261. The minimum atomic E-state index is 0.622. The Bertz CT molecular complexity index is 1330. The molecule has 5 aromatic heterocycles. The fourth-order valence-corrected chi connectivity index (χ4v) is 4.64. The predicted octanol–water partition coefficient (Wildman–Crippen LogP) is 4.94. The van der Waals surface area contributed by atoms with Crippen LogP contribution in [0.2, 0.25) is 0 Å². The molecule has 0 saturated heterocycles. The first kappa shape index (κ1) is 16.5. The van der Waals surface area contributed by atoms with Gasteiger partial charge < -0.3 is 4.98 Å². The second-order valence-corrected chi connectivity index (χ2v) is 8.02. The molecule has 1 aliphatic carbocycles. The summed E-state index contributed by atoms with van der Waals surface area (Å²) in [5.74, 6) is 0.622. The van der Waals surface area contributed by atoms with E-state index in [-0.39, 0.29) is 0 Å². The molecule has 6 heteroatoms. The van der Waals surface area contributed by atoms with Crippen LogP contribution in [0.5, 0.6) is 0 Å². The molecular formula is C23H22N6. The number of nitrogens with one attached hydrogen (secondary N) is 1. The van der Waals surface area contributed by atoms with E-state index in [0.29, 0.717) is 5.92 Å². The van der Waals surface area contributed by atoms with E-state index < -0.39 is 0 Å². The number of aromatic amines is 1. The summed E-state index contributed by atoms with van der Waals surface area (Å²) in [4.78, 5) is 8.33. The third-order valence-corrected chi connectivity index (χ3v) is 6.18. The van der Waals surface area contributed by atoms with Gasteiger partial charge in [0, 0.05) is 59.3 Å². The van der Waals surface area contributed by atoms with Crippen LogP contribution in [0.1, 0.15) is 37.3 Å². The average Bonchev–Trinajstić information content (AvgIpc) is 3.52. The predicted molar refractivity (Wildman–Crippen MR) is 114 cm³/mol. The molecule has 144 valence electrons. The van der Waals surface area contributed by atoms with Crippen molar-refractivity contribution in [3.05, 3.63) is 60.9 Å². The molecular weight excluding hydrogens is 360 g/mol. The lowest BCUT2D eigenvalue weighted by molar-refractivity contribution is 0.700. The maximum Gasteiger partial charge on any atom is 0.138 e. The zero-order chi connectivity index (χ0) is 19.4. The molecule has 0 aromatic carbocycles. The molecule has 0 bridgehead atoms. The highest BCUT2D eigenvalue weighted by Gasteiger charge is 2.19. The molecule has 0 amide bonds. The van der Waals surface area contributed by atoms with Crippen molar-refractivity contribution < 1.29 is 0 Å². The largest absolute Gasteiger partial charge is 0.346 e. The van der Waals surface area contributed by atoms with E-state index >= 15 is 0 Å². The summed E-state index contributed by atoms with van der Waals surface area (Å²) in [6.45, 7) is 0. The first-order valence-corrected chi connectivity index (χ1v) is 10.2. The van der Waals surface area contributed by atoms with Crippen LogP contribution in [0.4, 0.5) is 0 Å². The molecule has 5 aromatic rings. The van der Waals surface area contributed by atoms with Gasteiger partial charge in [-0.25, -0.2) is 9.50 Å². The van der Waals surface area contributed by atoms with E-state index in [2.05, 4.69) is 45.6 Å². The molecule has 0 radical (unpaired) electrons. The average molecular weight is 382 g/mol. The Labute approximate surface area is 168 Å². The molecule has 0 aliphatic heterocycles. The second kappa shape index (κ2) is 6.30. The number of fused-ring (bicyclic) bond motifs is 2. The molecule has 29 heavy (non-hydrogen) atoms. The van der Waals surface area contributed by atoms with Gasteiger partial charge in [0.05, 0.1) is 17.9 Å². The normalized spacial score (nSPS) is 15.1. The monoisotopic (exact) mass is 382 g/mol. The standard InChI is InChI=1S/C23H22N6/c1-28-14-17(11-25-28)20-13-26-29-9-8-16(10-22(20)29)19-12-24-23-18(19)6-7-21(27-23)15-4-2-3-5-15/h6-15H,2-5H2,1H3,(H,24,27). The molecule has 1 saturated carbocycles. The number of nitrogens with zero attached hydrogens (tertiary/aromatic N) is 5. The summed E-state index contributed by atoms with van der Waals surface area (Å²) < 4.78 is 3.73. The number of H-pyrrole nitrogens is 1. The SMILES string of the molecule is Cn1cc(-c2cnn3ccc(-c4c[nH]c5nc(C6CCCC6)ccc45)cc23)cn1. The van der Waals surface area contributed by atoms with Gasteiger partial charge in [0.25, 0.3) is 0 Å². The van der Waals surface area contributed by atoms with Gasteiger partial charge in [-0.3, -0.25) is 4.68 Å². The summed E-state index contributed by atoms with van der Waals surface area (Å²) in [6.07, 6.45) is 15.1. The van der Waals surface area contributed by atoms with E-state index in [1.165, 1.54) is 42.3 Å². The van der Waals surface area contributed by atoms with E-state index in [1.807, 2.05) is 41.0 Å². The Kier molecular flexibility index (Phi) is 3.59. The van der Waals surface area contributed by atoms with Gasteiger partial charge in [0.2, 0.25) is 0 Å². The maximum atomic E-state index is 4.94. The van der Waals surface area contributed by atoms with Gasteiger partial charge in [-0.2, -0.15) is 10.2 Å². The number of hydrogen-bond donors (Lipinski definition) is 1. The van der Waals surface area contributed by atoms with Crippen molar-refractivity contribution in [3.63, 3.8) is 0 Å². The molecule has 5 heterocycles. The molecule has 0 unspecified atom stereocenters. The molecule has 0 atom stereocenters. The van der Waals surface area contributed by atoms with Crippen molar-refractivity contribution in [1.29, 1.82) is 0 Å². The number of aromatic nitrogens is 6. The van der Waals surface area contributed by atoms with Crippen LogP contribution in [-0.4, -0.2) is 29.4 Å². The Hall–Kier alpha value is -3.41. The first-order chi connectivity index (χ1) is 14.3. The van der Waals surface area contributed by atoms with Crippen molar-refractivity contribution in [2.75, 3.05) is 0 Å². The Morgan fingerprint density at radius 3 is 2.72 bits per heavy atom. The molecule has 1 N–H and O–H groups in total. The maximum absolute atomic E-state index is 4.94. The van der Waals surface area contributed by atoms with Gasteiger partial charge in [-0.05, 0) is 42.7 Å². The fourth-order valence-electron chi connectivity index (χ4n) is 4.64. The Morgan fingerprint density at radius 2 is 1.90 bits per heavy atom. The topological polar surface area (TPSA) is 63.8 Å². The lowest BCUT2D eigenvalue weighted by Gasteiger charge is -2.08. The zero-order valence-electron chi connectivity index (χ0n) is 16.3. The van der Waals surface area contributed by atoms with Gasteiger partial charge in [-0.15, -0.1) is 0 Å². The van der Waals surface area contributed by atoms with Gasteiger partial charge >= 0.3 is 0 Å². The lowest BCUT2D eigenvalue weighted by Crippen LogP contribution is -1.96. The molecule has 6 rings (SSSR count). The third kappa shape index (κ3) is 2.67. The third-order valence-electron chi connectivity index (χ3n) is 6.18. The van der Waals surface area contributed by atoms with Crippen molar-refractivity contribution in [1.82, 2.24) is 29.4 Å². The van der Waals surface area contributed by atoms with Crippen LogP contribution in [0.25, 0.3) is 38.8 Å². The lowest BCUT2D eigenvalue weighted by atomic mass is 10.0. The van der Waals surface area contributed by atoms with Crippen molar-refractivity contribution in [2.45, 2.75) is 31.6 Å². The van der Waals surface area contributed by atoms with E-state index in [1.54, 1.807) is 0 Å². The summed E-state index contributed by atoms with van der Waals surface area (Å²) in [6, 6.07) is 8.75. The van der Waals surface area contributed by atoms with Crippen molar-refractivity contribution >= 4 is 16.6 Å². The summed E-state index contributed by atoms with van der Waals surface area (Å²) >= 11 is 0. The number of hydrogen-bond acceptors (Lipinski definition) is 3. The summed E-state index contributed by atoms with van der Waals surface area (Å²) in [7, 11) is 1.93. The number of pyridine rings is 2. The smallest absolute Gasteiger partial charge is 0.138 e. The summed E-state index contributed by atoms with van der Waals surface area (Å²) in [5, 5.41) is 9.97. The van der Waals surface area contributed by atoms with Crippen LogP contribution in [0, 0.1) is 0 Å². The minimum Gasteiger partial charge on any atom is -0.346 e. The quantitative estimate of drug-likeness (QED) is 0.481. The van der Waals surface area contributed by atoms with Gasteiger partial charge in [-0.1, -0.05) is 12.8 Å². The zero-order valence-corrected chi connectivity index (χ0v) is 16.3. The Balaban J connectivity index is 1.45. The number of aryl methyl sites for hydroxylation is 1. The van der Waals surface area contributed by atoms with E-state index in [0.717, 1.165) is 27.9 Å². The molecule has 6 nitrogen and oxygen atoms in total. The highest BCUT2D eigenvalue weighted by atomic mass is 15.2. The van der Waals surface area contributed by atoms with Crippen molar-refractivity contribution in [3.8, 4) is 22.3 Å². The number of rotatable bonds is 3. The molecule has 1 fully saturated rings. The highest BCUT2D eigenvalue weighted by molar-refractivity contribution is 5.95. The summed E-state index contributed by atoms with van der Waals surface area (Å²) in [5.41, 5.74) is 7.76.